The van der Waals surface area contributed by atoms with Crippen LogP contribution >= 0.6 is 0 Å². The predicted octanol–water partition coefficient (Wildman–Crippen LogP) is 1.25. The zero-order valence-electron chi connectivity index (χ0n) is 15.5. The third kappa shape index (κ3) is 4.62. The van der Waals surface area contributed by atoms with Crippen molar-refractivity contribution in [2.24, 2.45) is 0 Å². The van der Waals surface area contributed by atoms with Crippen LogP contribution in [0.4, 0.5) is 0 Å². The summed E-state index contributed by atoms with van der Waals surface area (Å²) in [7, 11) is -3.83. The van der Waals surface area contributed by atoms with E-state index < -0.39 is 22.6 Å². The van der Waals surface area contributed by atoms with Gasteiger partial charge < -0.3 is 9.64 Å². The molecule has 150 valence electrons. The summed E-state index contributed by atoms with van der Waals surface area (Å²) in [6, 6.07) is 16.3. The number of ether oxygens (including phenoxy) is 1. The Morgan fingerprint density at radius 3 is 2.24 bits per heavy atom. The van der Waals surface area contributed by atoms with Gasteiger partial charge in [0.2, 0.25) is 10.0 Å². The van der Waals surface area contributed by atoms with Crippen molar-refractivity contribution < 1.29 is 22.7 Å². The van der Waals surface area contributed by atoms with Crippen LogP contribution in [0.25, 0.3) is 0 Å². The highest BCUT2D eigenvalue weighted by Gasteiger charge is 2.31. The molecule has 0 atom stereocenters. The number of carbonyl (C=O) groups excluding carboxylic acids is 2. The number of carbonyl (C=O) groups is 2. The number of benzene rings is 2. The molecule has 0 saturated carbocycles. The van der Waals surface area contributed by atoms with Gasteiger partial charge >= 0.3 is 5.97 Å². The molecule has 0 aromatic heterocycles. The monoisotopic (exact) mass is 413 g/mol. The van der Waals surface area contributed by atoms with E-state index in [1.54, 1.807) is 42.5 Å². The Hall–Kier alpha value is -3.22. The lowest BCUT2D eigenvalue weighted by atomic mass is 10.2. The smallest absolute Gasteiger partial charge is 0.338 e. The van der Waals surface area contributed by atoms with Gasteiger partial charge in [0.1, 0.15) is 6.07 Å². The first-order valence-corrected chi connectivity index (χ1v) is 10.4. The fraction of sp³-hybridized carbons (Fsp3) is 0.250. The van der Waals surface area contributed by atoms with Gasteiger partial charge in [-0.2, -0.15) is 9.57 Å². The van der Waals surface area contributed by atoms with Gasteiger partial charge in [-0.25, -0.2) is 13.2 Å². The molecule has 1 amide bonds. The minimum Gasteiger partial charge on any atom is -0.452 e. The summed E-state index contributed by atoms with van der Waals surface area (Å²) in [5.41, 5.74) is 0.436. The van der Waals surface area contributed by atoms with Gasteiger partial charge in [-0.3, -0.25) is 4.79 Å². The molecule has 0 unspecified atom stereocenters. The molecular formula is C20H19N3O5S. The lowest BCUT2D eigenvalue weighted by Gasteiger charge is -2.34. The first-order chi connectivity index (χ1) is 13.9. The summed E-state index contributed by atoms with van der Waals surface area (Å²) in [5.74, 6) is -0.975. The normalized spacial score (nSPS) is 14.8. The number of hydrogen-bond acceptors (Lipinski definition) is 6. The molecule has 2 aromatic carbocycles. The van der Waals surface area contributed by atoms with E-state index in [0.717, 1.165) is 0 Å². The number of esters is 1. The van der Waals surface area contributed by atoms with Gasteiger partial charge in [0, 0.05) is 26.2 Å². The number of piperazine rings is 1. The quantitative estimate of drug-likeness (QED) is 0.683. The van der Waals surface area contributed by atoms with Gasteiger partial charge in [-0.05, 0) is 24.3 Å². The van der Waals surface area contributed by atoms with Crippen molar-refractivity contribution in [1.82, 2.24) is 9.21 Å². The van der Waals surface area contributed by atoms with Crippen molar-refractivity contribution >= 4 is 21.9 Å². The van der Waals surface area contributed by atoms with Crippen LogP contribution in [0.5, 0.6) is 0 Å². The Kier molecular flexibility index (Phi) is 6.26. The Labute approximate surface area is 169 Å². The van der Waals surface area contributed by atoms with Gasteiger partial charge in [0.25, 0.3) is 5.91 Å². The van der Waals surface area contributed by atoms with Crippen LogP contribution in [0, 0.1) is 11.3 Å². The van der Waals surface area contributed by atoms with Crippen LogP contribution in [0.1, 0.15) is 15.9 Å². The van der Waals surface area contributed by atoms with Crippen LogP contribution in [0.15, 0.2) is 59.5 Å². The van der Waals surface area contributed by atoms with E-state index in [4.69, 9.17) is 10.00 Å². The van der Waals surface area contributed by atoms with Crippen molar-refractivity contribution in [3.8, 4) is 6.07 Å². The molecular weight excluding hydrogens is 394 g/mol. The van der Waals surface area contributed by atoms with E-state index in [2.05, 4.69) is 0 Å². The van der Waals surface area contributed by atoms with Crippen LogP contribution in [-0.2, 0) is 19.6 Å². The Bertz CT molecular complexity index is 1040. The highest BCUT2D eigenvalue weighted by molar-refractivity contribution is 7.89. The van der Waals surface area contributed by atoms with E-state index in [9.17, 15) is 18.0 Å². The van der Waals surface area contributed by atoms with Crippen LogP contribution in [-0.4, -0.2) is 62.3 Å². The maximum atomic E-state index is 12.8. The maximum absolute atomic E-state index is 12.8. The van der Waals surface area contributed by atoms with Crippen molar-refractivity contribution in [3.63, 3.8) is 0 Å². The molecule has 1 aliphatic rings. The fourth-order valence-corrected chi connectivity index (χ4v) is 4.54. The average molecular weight is 413 g/mol. The maximum Gasteiger partial charge on any atom is 0.338 e. The third-order valence-electron chi connectivity index (χ3n) is 4.55. The number of hydrogen-bond donors (Lipinski definition) is 0. The molecule has 1 heterocycles. The minimum atomic E-state index is -3.83. The summed E-state index contributed by atoms with van der Waals surface area (Å²) in [4.78, 5) is 25.6. The first-order valence-electron chi connectivity index (χ1n) is 8.92. The molecule has 0 aliphatic carbocycles. The summed E-state index contributed by atoms with van der Waals surface area (Å²) in [5, 5.41) is 9.15. The van der Waals surface area contributed by atoms with E-state index in [-0.39, 0.29) is 42.5 Å². The topological polar surface area (TPSA) is 108 Å². The van der Waals surface area contributed by atoms with Crippen molar-refractivity contribution in [1.29, 1.82) is 5.26 Å². The zero-order valence-corrected chi connectivity index (χ0v) is 16.3. The average Bonchev–Trinajstić information content (AvgIpc) is 2.77. The minimum absolute atomic E-state index is 0.0425. The molecule has 0 radical (unpaired) electrons. The number of rotatable bonds is 5. The molecule has 0 N–H and O–H groups in total. The second-order valence-corrected chi connectivity index (χ2v) is 8.24. The summed E-state index contributed by atoms with van der Waals surface area (Å²) >= 11 is 0. The molecule has 1 saturated heterocycles. The van der Waals surface area contributed by atoms with Crippen LogP contribution < -0.4 is 0 Å². The molecule has 3 rings (SSSR count). The Balaban J connectivity index is 1.57. The van der Waals surface area contributed by atoms with Crippen LogP contribution in [0.3, 0.4) is 0 Å². The largest absolute Gasteiger partial charge is 0.452 e. The van der Waals surface area contributed by atoms with E-state index in [0.29, 0.717) is 5.56 Å². The molecule has 8 nitrogen and oxygen atoms in total. The number of nitrogens with zero attached hydrogens (tertiary/aromatic N) is 3. The van der Waals surface area contributed by atoms with Crippen molar-refractivity contribution in [2.75, 3.05) is 32.8 Å². The zero-order chi connectivity index (χ0) is 20.9. The number of sulfonamides is 1. The van der Waals surface area contributed by atoms with Gasteiger partial charge in [0.05, 0.1) is 16.0 Å². The van der Waals surface area contributed by atoms with Crippen molar-refractivity contribution in [3.05, 3.63) is 65.7 Å². The molecule has 29 heavy (non-hydrogen) atoms. The highest BCUT2D eigenvalue weighted by atomic mass is 32.2. The number of amides is 1. The summed E-state index contributed by atoms with van der Waals surface area (Å²) in [6.07, 6.45) is 0. The highest BCUT2D eigenvalue weighted by Crippen LogP contribution is 2.21. The Morgan fingerprint density at radius 1 is 0.966 bits per heavy atom. The van der Waals surface area contributed by atoms with Gasteiger partial charge in [-0.1, -0.05) is 30.3 Å². The van der Waals surface area contributed by atoms with Crippen LogP contribution in [0.2, 0.25) is 0 Å². The summed E-state index contributed by atoms with van der Waals surface area (Å²) < 4.78 is 31.9. The first kappa shape index (κ1) is 20.5. The lowest BCUT2D eigenvalue weighted by molar-refractivity contribution is -0.135. The second kappa shape index (κ2) is 8.86. The molecule has 1 fully saturated rings. The van der Waals surface area contributed by atoms with E-state index in [1.807, 2.05) is 6.07 Å². The standard InChI is InChI=1S/C20H19N3O5S/c21-14-17-8-4-5-9-18(17)29(26,27)23-12-10-22(11-13-23)19(24)15-28-20(25)16-6-2-1-3-7-16/h1-9H,10-13,15H2. The lowest BCUT2D eigenvalue weighted by Crippen LogP contribution is -2.51. The van der Waals surface area contributed by atoms with E-state index in [1.165, 1.54) is 21.3 Å². The third-order valence-corrected chi connectivity index (χ3v) is 6.51. The fourth-order valence-electron chi connectivity index (χ4n) is 2.98. The SMILES string of the molecule is N#Cc1ccccc1S(=O)(=O)N1CCN(C(=O)COC(=O)c2ccccc2)CC1. The second-order valence-electron chi connectivity index (χ2n) is 6.33. The molecule has 0 bridgehead atoms. The number of nitriles is 1. The molecule has 9 heteroatoms. The predicted molar refractivity (Wildman–Crippen MR) is 103 cm³/mol. The molecule has 2 aromatic rings. The summed E-state index contributed by atoms with van der Waals surface area (Å²) in [6.45, 7) is 0.143. The van der Waals surface area contributed by atoms with E-state index >= 15 is 0 Å². The Morgan fingerprint density at radius 2 is 1.59 bits per heavy atom. The molecule has 0 spiro atoms. The van der Waals surface area contributed by atoms with Gasteiger partial charge in [-0.15, -0.1) is 0 Å². The van der Waals surface area contributed by atoms with Crippen molar-refractivity contribution in [2.45, 2.75) is 4.90 Å². The van der Waals surface area contributed by atoms with Gasteiger partial charge in [0.15, 0.2) is 6.61 Å². The molecule has 1 aliphatic heterocycles.